The lowest BCUT2D eigenvalue weighted by Crippen LogP contribution is -2.50. The van der Waals surface area contributed by atoms with Gasteiger partial charge in [-0.1, -0.05) is 12.1 Å². The first kappa shape index (κ1) is 23.9. The number of imidazole rings is 1. The Balaban J connectivity index is 1.56. The van der Waals surface area contributed by atoms with Crippen LogP contribution in [0.5, 0.6) is 0 Å². The van der Waals surface area contributed by atoms with E-state index >= 15 is 0 Å². The van der Waals surface area contributed by atoms with Crippen molar-refractivity contribution >= 4 is 22.8 Å². The number of ether oxygens (including phenoxy) is 1. The van der Waals surface area contributed by atoms with Crippen molar-refractivity contribution in [3.8, 4) is 5.82 Å². The van der Waals surface area contributed by atoms with Gasteiger partial charge in [0.1, 0.15) is 11.6 Å². The van der Waals surface area contributed by atoms with Crippen LogP contribution in [0.4, 0.5) is 20.5 Å². The van der Waals surface area contributed by atoms with E-state index in [4.69, 9.17) is 20.4 Å². The van der Waals surface area contributed by atoms with Gasteiger partial charge in [0, 0.05) is 18.7 Å². The molecule has 3 heterocycles. The van der Waals surface area contributed by atoms with E-state index in [-0.39, 0.29) is 23.9 Å². The Morgan fingerprint density at radius 1 is 1.03 bits per heavy atom. The van der Waals surface area contributed by atoms with Gasteiger partial charge >= 0.3 is 0 Å². The Kier molecular flexibility index (Phi) is 6.84. The molecule has 1 aliphatic heterocycles. The maximum absolute atomic E-state index is 14.1. The van der Waals surface area contributed by atoms with Crippen LogP contribution in [0.1, 0.15) is 51.8 Å². The van der Waals surface area contributed by atoms with Gasteiger partial charge < -0.3 is 20.7 Å². The fourth-order valence-electron chi connectivity index (χ4n) is 5.26. The van der Waals surface area contributed by atoms with Crippen LogP contribution in [0.3, 0.4) is 0 Å². The summed E-state index contributed by atoms with van der Waals surface area (Å²) >= 11 is 0. The fraction of sp³-hybridized carbons (Fsp3) is 0.560. The number of nitrogens with two attached hydrogens (primary N) is 1. The summed E-state index contributed by atoms with van der Waals surface area (Å²) in [7, 11) is 0. The Labute approximate surface area is 203 Å². The number of nitrogens with one attached hydrogen (secondary N) is 1. The van der Waals surface area contributed by atoms with Gasteiger partial charge in [-0.05, 0) is 57.6 Å². The zero-order valence-corrected chi connectivity index (χ0v) is 20.2. The lowest BCUT2D eigenvalue weighted by Gasteiger charge is -2.39. The number of rotatable bonds is 6. The van der Waals surface area contributed by atoms with Gasteiger partial charge in [0.25, 0.3) is 6.43 Å². The average molecular weight is 486 g/mol. The monoisotopic (exact) mass is 485 g/mol. The number of anilines is 2. The average Bonchev–Trinajstić information content (AvgIpc) is 3.24. The summed E-state index contributed by atoms with van der Waals surface area (Å²) in [5.74, 6) is 1.64. The van der Waals surface area contributed by atoms with Crippen LogP contribution < -0.4 is 16.0 Å². The number of aromatic nitrogens is 4. The van der Waals surface area contributed by atoms with Gasteiger partial charge in [-0.2, -0.15) is 9.97 Å². The van der Waals surface area contributed by atoms with Crippen molar-refractivity contribution < 1.29 is 13.5 Å². The van der Waals surface area contributed by atoms with Crippen molar-refractivity contribution in [3.63, 3.8) is 0 Å². The molecule has 0 spiro atoms. The van der Waals surface area contributed by atoms with Crippen LogP contribution in [0, 0.1) is 5.92 Å². The van der Waals surface area contributed by atoms with E-state index in [0.29, 0.717) is 47.7 Å². The molecule has 0 amide bonds. The van der Waals surface area contributed by atoms with E-state index in [2.05, 4.69) is 29.0 Å². The number of para-hydroxylation sites is 2. The number of hydrogen-bond donors (Lipinski definition) is 2. The number of hydrogen-bond acceptors (Lipinski definition) is 7. The van der Waals surface area contributed by atoms with E-state index in [0.717, 1.165) is 32.2 Å². The predicted molar refractivity (Wildman–Crippen MR) is 132 cm³/mol. The zero-order chi connectivity index (χ0) is 24.5. The molecule has 1 saturated heterocycles. The molecule has 1 aliphatic carbocycles. The van der Waals surface area contributed by atoms with E-state index in [9.17, 15) is 8.78 Å². The number of halogens is 2. The van der Waals surface area contributed by atoms with Crippen molar-refractivity contribution in [2.45, 2.75) is 64.1 Å². The zero-order valence-electron chi connectivity index (χ0n) is 20.2. The molecular formula is C25H33F2N7O. The fourth-order valence-corrected chi connectivity index (χ4v) is 5.26. The first-order valence-corrected chi connectivity index (χ1v) is 12.4. The third-order valence-electron chi connectivity index (χ3n) is 7.08. The highest BCUT2D eigenvalue weighted by Gasteiger charge is 2.29. The summed E-state index contributed by atoms with van der Waals surface area (Å²) in [6.45, 7) is 6.02. The van der Waals surface area contributed by atoms with Gasteiger partial charge in [-0.25, -0.2) is 13.8 Å². The quantitative estimate of drug-likeness (QED) is 0.538. The molecule has 188 valence electrons. The number of fused-ring (bicyclic) bond motifs is 1. The Bertz CT molecular complexity index is 1150. The molecule has 2 atom stereocenters. The maximum Gasteiger partial charge on any atom is 0.296 e. The summed E-state index contributed by atoms with van der Waals surface area (Å²) in [5, 5.41) is 3.40. The number of morpholine rings is 1. The molecule has 0 unspecified atom stereocenters. The van der Waals surface area contributed by atoms with Crippen molar-refractivity contribution in [1.82, 2.24) is 19.5 Å². The molecule has 2 aliphatic rings. The normalized spacial score (nSPS) is 25.4. The number of alkyl halides is 2. The maximum atomic E-state index is 14.1. The number of benzene rings is 1. The van der Waals surface area contributed by atoms with Crippen molar-refractivity contribution in [1.29, 1.82) is 0 Å². The van der Waals surface area contributed by atoms with Crippen molar-refractivity contribution in [2.75, 3.05) is 30.0 Å². The summed E-state index contributed by atoms with van der Waals surface area (Å²) in [6, 6.07) is 9.36. The second kappa shape index (κ2) is 10.0. The smallest absolute Gasteiger partial charge is 0.296 e. The molecule has 1 saturated carbocycles. The third kappa shape index (κ3) is 4.95. The van der Waals surface area contributed by atoms with Gasteiger partial charge in [0.2, 0.25) is 5.95 Å². The molecule has 3 N–H and O–H groups in total. The lowest BCUT2D eigenvalue weighted by molar-refractivity contribution is 0.0752. The highest BCUT2D eigenvalue weighted by molar-refractivity contribution is 5.78. The van der Waals surface area contributed by atoms with Crippen LogP contribution in [-0.2, 0) is 4.74 Å². The minimum absolute atomic E-state index is 0.0864. The first-order chi connectivity index (χ1) is 16.9. The first-order valence-electron chi connectivity index (χ1n) is 12.4. The summed E-state index contributed by atoms with van der Waals surface area (Å²) in [4.78, 5) is 15.9. The molecule has 2 aromatic heterocycles. The minimum atomic E-state index is -2.75. The largest absolute Gasteiger partial charge is 0.377 e. The van der Waals surface area contributed by atoms with Gasteiger partial charge in [-0.15, -0.1) is 0 Å². The Morgan fingerprint density at radius 2 is 1.71 bits per heavy atom. The van der Waals surface area contributed by atoms with E-state index in [1.807, 2.05) is 6.07 Å². The third-order valence-corrected chi connectivity index (χ3v) is 7.08. The molecule has 3 aromatic rings. The lowest BCUT2D eigenvalue weighted by atomic mass is 9.86. The highest BCUT2D eigenvalue weighted by atomic mass is 19.3. The van der Waals surface area contributed by atoms with Gasteiger partial charge in [0.15, 0.2) is 5.82 Å². The second-order valence-electron chi connectivity index (χ2n) is 9.81. The SMILES string of the molecule is C[C@H]1COC[C@H](C)N1c1cc(-n2c(C(F)F)nc3ccccc32)nc(NCC2CCC(N)CC2)n1. The second-order valence-corrected chi connectivity index (χ2v) is 9.81. The highest BCUT2D eigenvalue weighted by Crippen LogP contribution is 2.31. The molecule has 0 bridgehead atoms. The van der Waals surface area contributed by atoms with E-state index < -0.39 is 6.43 Å². The van der Waals surface area contributed by atoms with Crippen molar-refractivity contribution in [2.24, 2.45) is 11.7 Å². The molecule has 35 heavy (non-hydrogen) atoms. The molecular weight excluding hydrogens is 452 g/mol. The molecule has 5 rings (SSSR count). The van der Waals surface area contributed by atoms with E-state index in [1.54, 1.807) is 24.3 Å². The number of nitrogens with zero attached hydrogens (tertiary/aromatic N) is 5. The van der Waals surface area contributed by atoms with Crippen LogP contribution in [0.2, 0.25) is 0 Å². The van der Waals surface area contributed by atoms with Crippen LogP contribution >= 0.6 is 0 Å². The summed E-state index contributed by atoms with van der Waals surface area (Å²) < 4.78 is 35.3. The van der Waals surface area contributed by atoms with Crippen LogP contribution in [0.25, 0.3) is 16.9 Å². The van der Waals surface area contributed by atoms with E-state index in [1.165, 1.54) is 4.57 Å². The predicted octanol–water partition coefficient (Wildman–Crippen LogP) is 4.30. The standard InChI is InChI=1S/C25H33F2N7O/c1-15-13-35-14-16(2)33(15)21-11-22(32-25(31-21)29-12-17-7-9-18(28)10-8-17)34-20-6-4-3-5-19(20)30-24(34)23(26)27/h3-6,11,15-18,23H,7-10,12-14,28H2,1-2H3,(H,29,31,32)/t15-,16-,17?,18?/m0/s1. The van der Waals surface area contributed by atoms with Crippen molar-refractivity contribution in [3.05, 3.63) is 36.2 Å². The topological polar surface area (TPSA) is 94.1 Å². The summed E-state index contributed by atoms with van der Waals surface area (Å²) in [6.07, 6.45) is 1.39. The van der Waals surface area contributed by atoms with Crippen LogP contribution in [-0.4, -0.2) is 57.4 Å². The molecule has 0 radical (unpaired) electrons. The summed E-state index contributed by atoms with van der Waals surface area (Å²) in [5.41, 5.74) is 7.15. The molecule has 8 nitrogen and oxygen atoms in total. The minimum Gasteiger partial charge on any atom is -0.377 e. The molecule has 2 fully saturated rings. The molecule has 10 heteroatoms. The Hall–Kier alpha value is -2.85. The molecule has 1 aromatic carbocycles. The van der Waals surface area contributed by atoms with Crippen LogP contribution in [0.15, 0.2) is 30.3 Å². The van der Waals surface area contributed by atoms with Gasteiger partial charge in [-0.3, -0.25) is 4.57 Å². The van der Waals surface area contributed by atoms with Gasteiger partial charge in [0.05, 0.1) is 36.3 Å². The Morgan fingerprint density at radius 3 is 2.43 bits per heavy atom.